The Balaban J connectivity index is 2.17. The van der Waals surface area contributed by atoms with E-state index < -0.39 is 23.7 Å². The number of carbonyl (C=O) groups is 3. The Labute approximate surface area is 104 Å². The molecule has 1 heterocycles. The van der Waals surface area contributed by atoms with Gasteiger partial charge in [-0.15, -0.1) is 0 Å². The van der Waals surface area contributed by atoms with Crippen LogP contribution >= 0.6 is 0 Å². The molecule has 5 heteroatoms. The van der Waals surface area contributed by atoms with Crippen LogP contribution < -0.4 is 0 Å². The highest BCUT2D eigenvalue weighted by atomic mass is 16.4. The zero-order valence-corrected chi connectivity index (χ0v) is 9.92. The standard InChI is InChI=1S/C13H13NO4/c1-8-2-4-9(5-3-8)12(16)14-7-10(13(17)18)6-11(14)15/h2-5,10H,6-7H2,1H3,(H,17,18). The second-order valence-electron chi connectivity index (χ2n) is 4.41. The molecule has 5 nitrogen and oxygen atoms in total. The summed E-state index contributed by atoms with van der Waals surface area (Å²) in [7, 11) is 0. The number of amides is 2. The minimum absolute atomic E-state index is 0.0408. The summed E-state index contributed by atoms with van der Waals surface area (Å²) in [6, 6.07) is 6.84. The summed E-state index contributed by atoms with van der Waals surface area (Å²) in [5, 5.41) is 8.85. The highest BCUT2D eigenvalue weighted by Gasteiger charge is 2.37. The van der Waals surface area contributed by atoms with Gasteiger partial charge in [-0.2, -0.15) is 0 Å². The maximum atomic E-state index is 12.0. The summed E-state index contributed by atoms with van der Waals surface area (Å²) in [5.74, 6) is -2.67. The first-order valence-corrected chi connectivity index (χ1v) is 5.63. The van der Waals surface area contributed by atoms with Gasteiger partial charge < -0.3 is 5.11 Å². The maximum Gasteiger partial charge on any atom is 0.308 e. The molecule has 0 spiro atoms. The molecule has 0 radical (unpaired) electrons. The van der Waals surface area contributed by atoms with E-state index in [1.807, 2.05) is 6.92 Å². The number of nitrogens with zero attached hydrogens (tertiary/aromatic N) is 1. The van der Waals surface area contributed by atoms with Crippen LogP contribution in [0.1, 0.15) is 22.3 Å². The number of hydrogen-bond donors (Lipinski definition) is 1. The number of aryl methyl sites for hydroxylation is 1. The fourth-order valence-corrected chi connectivity index (χ4v) is 1.92. The Morgan fingerprint density at radius 2 is 1.89 bits per heavy atom. The van der Waals surface area contributed by atoms with E-state index in [0.717, 1.165) is 10.5 Å². The summed E-state index contributed by atoms with van der Waals surface area (Å²) >= 11 is 0. The zero-order chi connectivity index (χ0) is 13.3. The van der Waals surface area contributed by atoms with E-state index in [4.69, 9.17) is 5.11 Å². The van der Waals surface area contributed by atoms with Gasteiger partial charge in [0.1, 0.15) is 0 Å². The van der Waals surface area contributed by atoms with Crippen LogP contribution in [0.4, 0.5) is 0 Å². The van der Waals surface area contributed by atoms with Crippen LogP contribution in [-0.2, 0) is 9.59 Å². The largest absolute Gasteiger partial charge is 0.481 e. The van der Waals surface area contributed by atoms with Crippen molar-refractivity contribution in [3.63, 3.8) is 0 Å². The van der Waals surface area contributed by atoms with Crippen molar-refractivity contribution in [1.29, 1.82) is 0 Å². The monoisotopic (exact) mass is 247 g/mol. The fraction of sp³-hybridized carbons (Fsp3) is 0.308. The van der Waals surface area contributed by atoms with Gasteiger partial charge in [0.25, 0.3) is 5.91 Å². The van der Waals surface area contributed by atoms with Gasteiger partial charge in [-0.05, 0) is 19.1 Å². The number of carbonyl (C=O) groups excluding carboxylic acids is 2. The maximum absolute atomic E-state index is 12.0. The van der Waals surface area contributed by atoms with Crippen LogP contribution in [-0.4, -0.2) is 34.3 Å². The fourth-order valence-electron chi connectivity index (χ4n) is 1.92. The van der Waals surface area contributed by atoms with E-state index in [1.54, 1.807) is 24.3 Å². The van der Waals surface area contributed by atoms with E-state index in [2.05, 4.69) is 0 Å². The van der Waals surface area contributed by atoms with Crippen LogP contribution in [0.2, 0.25) is 0 Å². The average molecular weight is 247 g/mol. The molecule has 0 aromatic heterocycles. The molecular weight excluding hydrogens is 234 g/mol. The van der Waals surface area contributed by atoms with Crippen molar-refractivity contribution >= 4 is 17.8 Å². The molecule has 0 aliphatic carbocycles. The highest BCUT2D eigenvalue weighted by Crippen LogP contribution is 2.20. The number of carboxylic acids is 1. The van der Waals surface area contributed by atoms with Crippen molar-refractivity contribution in [2.45, 2.75) is 13.3 Å². The third-order valence-corrected chi connectivity index (χ3v) is 3.02. The summed E-state index contributed by atoms with van der Waals surface area (Å²) in [6.07, 6.45) is -0.104. The molecule has 18 heavy (non-hydrogen) atoms. The first-order chi connectivity index (χ1) is 8.49. The molecular formula is C13H13NO4. The minimum atomic E-state index is -1.04. The Bertz CT molecular complexity index is 506. The van der Waals surface area contributed by atoms with E-state index in [-0.39, 0.29) is 13.0 Å². The van der Waals surface area contributed by atoms with Gasteiger partial charge in [-0.3, -0.25) is 19.3 Å². The second kappa shape index (κ2) is 4.60. The Hall–Kier alpha value is -2.17. The number of hydrogen-bond acceptors (Lipinski definition) is 3. The van der Waals surface area contributed by atoms with E-state index in [1.165, 1.54) is 0 Å². The molecule has 94 valence electrons. The average Bonchev–Trinajstić information content (AvgIpc) is 2.71. The van der Waals surface area contributed by atoms with Gasteiger partial charge in [0.15, 0.2) is 0 Å². The summed E-state index contributed by atoms with van der Waals surface area (Å²) in [6.45, 7) is 1.86. The number of likely N-dealkylation sites (tertiary alicyclic amines) is 1. The predicted molar refractivity (Wildman–Crippen MR) is 63.0 cm³/mol. The smallest absolute Gasteiger partial charge is 0.308 e. The number of benzene rings is 1. The number of rotatable bonds is 2. The van der Waals surface area contributed by atoms with Crippen LogP contribution in [0.25, 0.3) is 0 Å². The Morgan fingerprint density at radius 1 is 1.28 bits per heavy atom. The molecule has 1 aliphatic heterocycles. The number of carboxylic acid groups (broad SMARTS) is 1. The molecule has 2 rings (SSSR count). The molecule has 2 amide bonds. The molecule has 1 unspecified atom stereocenters. The third kappa shape index (κ3) is 2.25. The topological polar surface area (TPSA) is 74.7 Å². The lowest BCUT2D eigenvalue weighted by molar-refractivity contribution is -0.141. The summed E-state index contributed by atoms with van der Waals surface area (Å²) in [5.41, 5.74) is 1.42. The van der Waals surface area contributed by atoms with Crippen molar-refractivity contribution < 1.29 is 19.5 Å². The molecule has 1 N–H and O–H groups in total. The van der Waals surface area contributed by atoms with Crippen molar-refractivity contribution in [3.05, 3.63) is 35.4 Å². The Morgan fingerprint density at radius 3 is 2.39 bits per heavy atom. The molecule has 1 aromatic carbocycles. The highest BCUT2D eigenvalue weighted by molar-refractivity contribution is 6.06. The number of imide groups is 1. The van der Waals surface area contributed by atoms with Crippen LogP contribution in [0.15, 0.2) is 24.3 Å². The summed E-state index contributed by atoms with van der Waals surface area (Å²) in [4.78, 5) is 35.5. The van der Waals surface area contributed by atoms with Gasteiger partial charge in [0.2, 0.25) is 5.91 Å². The lowest BCUT2D eigenvalue weighted by Crippen LogP contribution is -2.33. The number of aliphatic carboxylic acids is 1. The molecule has 0 saturated carbocycles. The molecule has 1 aliphatic rings. The van der Waals surface area contributed by atoms with E-state index in [9.17, 15) is 14.4 Å². The normalized spacial score (nSPS) is 19.1. The minimum Gasteiger partial charge on any atom is -0.481 e. The van der Waals surface area contributed by atoms with Crippen LogP contribution in [0.5, 0.6) is 0 Å². The van der Waals surface area contributed by atoms with Crippen molar-refractivity contribution in [1.82, 2.24) is 4.90 Å². The SMILES string of the molecule is Cc1ccc(C(=O)N2CC(C(=O)O)CC2=O)cc1. The lowest BCUT2D eigenvalue weighted by atomic mass is 10.1. The van der Waals surface area contributed by atoms with Crippen LogP contribution in [0.3, 0.4) is 0 Å². The van der Waals surface area contributed by atoms with Crippen molar-refractivity contribution in [2.24, 2.45) is 5.92 Å². The van der Waals surface area contributed by atoms with Gasteiger partial charge in [-0.25, -0.2) is 0 Å². The predicted octanol–water partition coefficient (Wildman–Crippen LogP) is 1.07. The zero-order valence-electron chi connectivity index (χ0n) is 9.92. The van der Waals surface area contributed by atoms with Gasteiger partial charge in [0.05, 0.1) is 5.92 Å². The van der Waals surface area contributed by atoms with Crippen LogP contribution in [0, 0.1) is 12.8 Å². The Kier molecular flexibility index (Phi) is 3.14. The molecule has 1 aromatic rings. The van der Waals surface area contributed by atoms with Gasteiger partial charge in [-0.1, -0.05) is 17.7 Å². The molecule has 1 atom stereocenters. The van der Waals surface area contributed by atoms with E-state index in [0.29, 0.717) is 5.56 Å². The second-order valence-corrected chi connectivity index (χ2v) is 4.41. The molecule has 0 bridgehead atoms. The van der Waals surface area contributed by atoms with Gasteiger partial charge in [0, 0.05) is 18.5 Å². The summed E-state index contributed by atoms with van der Waals surface area (Å²) < 4.78 is 0. The lowest BCUT2D eigenvalue weighted by Gasteiger charge is -2.14. The third-order valence-electron chi connectivity index (χ3n) is 3.02. The van der Waals surface area contributed by atoms with Gasteiger partial charge >= 0.3 is 5.97 Å². The quantitative estimate of drug-likeness (QED) is 0.793. The first kappa shape index (κ1) is 12.3. The molecule has 1 fully saturated rings. The van der Waals surface area contributed by atoms with Crippen molar-refractivity contribution in [3.8, 4) is 0 Å². The molecule has 1 saturated heterocycles. The van der Waals surface area contributed by atoms with E-state index >= 15 is 0 Å². The first-order valence-electron chi connectivity index (χ1n) is 5.63. The van der Waals surface area contributed by atoms with Crippen molar-refractivity contribution in [2.75, 3.05) is 6.54 Å².